The molecule has 1 aromatic carbocycles. The van der Waals surface area contributed by atoms with Gasteiger partial charge in [0.25, 0.3) is 0 Å². The predicted octanol–water partition coefficient (Wildman–Crippen LogP) is 3.05. The largest absolute Gasteiger partial charge is 0.394 e. The minimum absolute atomic E-state index is 0.100. The molecule has 1 atom stereocenters. The van der Waals surface area contributed by atoms with Crippen molar-refractivity contribution in [1.29, 1.82) is 0 Å². The molecule has 0 aliphatic carbocycles. The Morgan fingerprint density at radius 2 is 2.22 bits per heavy atom. The number of benzene rings is 1. The molecule has 6 heteroatoms. The van der Waals surface area contributed by atoms with Crippen LogP contribution in [0, 0.1) is 5.82 Å². The van der Waals surface area contributed by atoms with Crippen LogP contribution in [0.25, 0.3) is 0 Å². The van der Waals surface area contributed by atoms with Crippen LogP contribution in [0.15, 0.2) is 30.5 Å². The van der Waals surface area contributed by atoms with Gasteiger partial charge in [0.15, 0.2) is 0 Å². The van der Waals surface area contributed by atoms with Gasteiger partial charge in [-0.3, -0.25) is 9.58 Å². The van der Waals surface area contributed by atoms with Crippen molar-refractivity contribution in [2.24, 2.45) is 0 Å². The van der Waals surface area contributed by atoms with E-state index in [1.807, 2.05) is 12.3 Å². The van der Waals surface area contributed by atoms with Gasteiger partial charge in [-0.1, -0.05) is 17.7 Å². The van der Waals surface area contributed by atoms with Crippen LogP contribution in [0.3, 0.4) is 0 Å². The molecule has 1 aliphatic heterocycles. The summed E-state index contributed by atoms with van der Waals surface area (Å²) in [6, 6.07) is 6.96. The van der Waals surface area contributed by atoms with E-state index in [0.717, 1.165) is 43.7 Å². The Morgan fingerprint density at radius 1 is 1.35 bits per heavy atom. The Bertz CT molecular complexity index is 661. The fourth-order valence-corrected chi connectivity index (χ4v) is 3.36. The van der Waals surface area contributed by atoms with E-state index in [-0.39, 0.29) is 17.4 Å². The van der Waals surface area contributed by atoms with Crippen LogP contribution in [0.5, 0.6) is 0 Å². The SMILES string of the molecule is OCCn1ccc([C@@H]2CCCN(Cc3ccc(F)c(Cl)c3)C2)n1. The van der Waals surface area contributed by atoms with Crippen molar-refractivity contribution >= 4 is 11.6 Å². The van der Waals surface area contributed by atoms with E-state index in [2.05, 4.69) is 10.00 Å². The van der Waals surface area contributed by atoms with Crippen LogP contribution in [0.4, 0.5) is 4.39 Å². The van der Waals surface area contributed by atoms with Crippen LogP contribution >= 0.6 is 11.6 Å². The zero-order valence-electron chi connectivity index (χ0n) is 13.0. The second-order valence-corrected chi connectivity index (χ2v) is 6.46. The summed E-state index contributed by atoms with van der Waals surface area (Å²) >= 11 is 5.86. The topological polar surface area (TPSA) is 41.3 Å². The highest BCUT2D eigenvalue weighted by Gasteiger charge is 2.23. The van der Waals surface area contributed by atoms with Gasteiger partial charge in [0.05, 0.1) is 23.9 Å². The molecular formula is C17H21ClFN3O. The number of hydrogen-bond donors (Lipinski definition) is 1. The highest BCUT2D eigenvalue weighted by Crippen LogP contribution is 2.27. The first kappa shape index (κ1) is 16.4. The fourth-order valence-electron chi connectivity index (χ4n) is 3.16. The molecule has 0 amide bonds. The molecule has 3 rings (SSSR count). The molecule has 0 spiro atoms. The first-order valence-corrected chi connectivity index (χ1v) is 8.34. The molecule has 23 heavy (non-hydrogen) atoms. The third-order valence-corrected chi connectivity index (χ3v) is 4.59. The third-order valence-electron chi connectivity index (χ3n) is 4.30. The Kier molecular flexibility index (Phi) is 5.30. The van der Waals surface area contributed by atoms with Crippen LogP contribution in [-0.4, -0.2) is 39.5 Å². The summed E-state index contributed by atoms with van der Waals surface area (Å²) in [4.78, 5) is 2.36. The maximum atomic E-state index is 13.3. The fraction of sp³-hybridized carbons (Fsp3) is 0.471. The molecule has 0 bridgehead atoms. The van der Waals surface area contributed by atoms with Gasteiger partial charge in [-0.05, 0) is 43.1 Å². The number of aliphatic hydroxyl groups excluding tert-OH is 1. The third kappa shape index (κ3) is 4.10. The van der Waals surface area contributed by atoms with Gasteiger partial charge in [-0.15, -0.1) is 0 Å². The molecular weight excluding hydrogens is 317 g/mol. The van der Waals surface area contributed by atoms with Crippen LogP contribution in [0.1, 0.15) is 30.0 Å². The zero-order chi connectivity index (χ0) is 16.2. The highest BCUT2D eigenvalue weighted by atomic mass is 35.5. The molecule has 1 aromatic heterocycles. The van der Waals surface area contributed by atoms with E-state index in [9.17, 15) is 4.39 Å². The molecule has 1 fully saturated rings. The van der Waals surface area contributed by atoms with E-state index >= 15 is 0 Å². The molecule has 124 valence electrons. The quantitative estimate of drug-likeness (QED) is 0.911. The van der Waals surface area contributed by atoms with Gasteiger partial charge in [0, 0.05) is 25.2 Å². The number of likely N-dealkylation sites (tertiary alicyclic amines) is 1. The molecule has 0 radical (unpaired) electrons. The van der Waals surface area contributed by atoms with E-state index in [1.165, 1.54) is 6.07 Å². The summed E-state index contributed by atoms with van der Waals surface area (Å²) in [5, 5.41) is 13.7. The maximum absolute atomic E-state index is 13.3. The lowest BCUT2D eigenvalue weighted by Gasteiger charge is -2.32. The van der Waals surface area contributed by atoms with E-state index in [0.29, 0.717) is 12.5 Å². The molecule has 1 N–H and O–H groups in total. The molecule has 1 aliphatic rings. The Labute approximate surface area is 140 Å². The van der Waals surface area contributed by atoms with Crippen molar-refractivity contribution in [2.45, 2.75) is 31.8 Å². The van der Waals surface area contributed by atoms with Crippen molar-refractivity contribution in [2.75, 3.05) is 19.7 Å². The number of rotatable bonds is 5. The summed E-state index contributed by atoms with van der Waals surface area (Å²) in [6.45, 7) is 3.37. The van der Waals surface area contributed by atoms with Crippen molar-refractivity contribution in [1.82, 2.24) is 14.7 Å². The second kappa shape index (κ2) is 7.43. The van der Waals surface area contributed by atoms with Crippen LogP contribution in [0.2, 0.25) is 5.02 Å². The minimum atomic E-state index is -0.374. The number of nitrogens with zero attached hydrogens (tertiary/aromatic N) is 3. The van der Waals surface area contributed by atoms with Gasteiger partial charge in [0.2, 0.25) is 0 Å². The van der Waals surface area contributed by atoms with Gasteiger partial charge in [-0.25, -0.2) is 4.39 Å². The number of aliphatic hydroxyl groups is 1. The normalized spacial score (nSPS) is 19.2. The lowest BCUT2D eigenvalue weighted by Crippen LogP contribution is -2.34. The van der Waals surface area contributed by atoms with Crippen LogP contribution < -0.4 is 0 Å². The average Bonchev–Trinajstić information content (AvgIpc) is 3.00. The van der Waals surface area contributed by atoms with E-state index < -0.39 is 0 Å². The highest BCUT2D eigenvalue weighted by molar-refractivity contribution is 6.30. The van der Waals surface area contributed by atoms with Crippen molar-refractivity contribution < 1.29 is 9.50 Å². The Hall–Kier alpha value is -1.43. The number of piperidine rings is 1. The summed E-state index contributed by atoms with van der Waals surface area (Å²) in [7, 11) is 0. The monoisotopic (exact) mass is 337 g/mol. The molecule has 0 saturated carbocycles. The molecule has 1 saturated heterocycles. The van der Waals surface area contributed by atoms with Crippen molar-refractivity contribution in [3.8, 4) is 0 Å². The van der Waals surface area contributed by atoms with E-state index in [1.54, 1.807) is 16.8 Å². The molecule has 2 aromatic rings. The van der Waals surface area contributed by atoms with Crippen molar-refractivity contribution in [3.05, 3.63) is 52.6 Å². The van der Waals surface area contributed by atoms with Gasteiger partial charge in [-0.2, -0.15) is 5.10 Å². The maximum Gasteiger partial charge on any atom is 0.141 e. The van der Waals surface area contributed by atoms with Gasteiger partial charge < -0.3 is 5.11 Å². The lowest BCUT2D eigenvalue weighted by atomic mass is 9.94. The smallest absolute Gasteiger partial charge is 0.141 e. The standard InChI is InChI=1S/C17H21ClFN3O/c18-15-10-13(3-4-16(15)19)11-21-6-1-2-14(12-21)17-5-7-22(20-17)8-9-23/h3-5,7,10,14,23H,1-2,6,8-9,11-12H2/t14-/m1/s1. The Morgan fingerprint density at radius 3 is 3.00 bits per heavy atom. The predicted molar refractivity (Wildman–Crippen MR) is 88.0 cm³/mol. The molecule has 2 heterocycles. The zero-order valence-corrected chi connectivity index (χ0v) is 13.7. The summed E-state index contributed by atoms with van der Waals surface area (Å²) < 4.78 is 15.0. The number of aromatic nitrogens is 2. The summed E-state index contributed by atoms with van der Waals surface area (Å²) in [5.41, 5.74) is 2.11. The second-order valence-electron chi connectivity index (χ2n) is 6.05. The van der Waals surface area contributed by atoms with Crippen LogP contribution in [-0.2, 0) is 13.1 Å². The Balaban J connectivity index is 1.64. The number of halogens is 2. The molecule has 4 nitrogen and oxygen atoms in total. The minimum Gasteiger partial charge on any atom is -0.394 e. The molecule has 0 unspecified atom stereocenters. The first-order chi connectivity index (χ1) is 11.2. The summed E-state index contributed by atoms with van der Waals surface area (Å²) in [6.07, 6.45) is 4.16. The first-order valence-electron chi connectivity index (χ1n) is 7.96. The van der Waals surface area contributed by atoms with Gasteiger partial charge in [0.1, 0.15) is 5.82 Å². The average molecular weight is 338 g/mol. The van der Waals surface area contributed by atoms with Gasteiger partial charge >= 0.3 is 0 Å². The van der Waals surface area contributed by atoms with Crippen molar-refractivity contribution in [3.63, 3.8) is 0 Å². The lowest BCUT2D eigenvalue weighted by molar-refractivity contribution is 0.197. The number of hydrogen-bond acceptors (Lipinski definition) is 3. The summed E-state index contributed by atoms with van der Waals surface area (Å²) in [5.74, 6) is 0.0287. The van der Waals surface area contributed by atoms with E-state index in [4.69, 9.17) is 16.7 Å².